The van der Waals surface area contributed by atoms with E-state index in [-0.39, 0.29) is 43.5 Å². The molecule has 0 radical (unpaired) electrons. The van der Waals surface area contributed by atoms with Crippen LogP contribution in [0.1, 0.15) is 93.9 Å². The maximum Gasteiger partial charge on any atom is 0.509 e. The van der Waals surface area contributed by atoms with Gasteiger partial charge in [0.1, 0.15) is 42.5 Å². The molecule has 380 valence electrons. The third kappa shape index (κ3) is 11.3. The van der Waals surface area contributed by atoms with Gasteiger partial charge < -0.3 is 67.1 Å². The van der Waals surface area contributed by atoms with Crippen LogP contribution >= 0.6 is 0 Å². The van der Waals surface area contributed by atoms with Gasteiger partial charge in [-0.25, -0.2) is 4.79 Å². The minimum absolute atomic E-state index is 0.0472. The standard InChI is InChI=1S/C52H76O16/c1-12-21-59-50(55)66-46-32(7)22-38-49(54)63-37-23-36(67-51(26-37)20-19-31(6)45(68-51)28(3)13-2)18-17-30(5)44(29(4)15-14-16-35-27-60-48(46)52(35,38)56)64-42-25-40(58-11)47(34(9)62-42)65-41-24-39(57-10)43(53)33(8)61-41/h12,14-17,19-20,22,28-29,31,33-34,36-48,53,56H,1,13,18,21,23-27H2,2-11H3/b15-14-,30-17-,35-16-/t28-,29-,31-,33-,34-,36+,37-,38-,39-,40-,41-,42-,43-,44-,45+,46+,47-,48+,51+,52+/m0/s1. The van der Waals surface area contributed by atoms with Crippen molar-refractivity contribution in [2.45, 2.75) is 191 Å². The van der Waals surface area contributed by atoms with E-state index in [1.54, 1.807) is 40.2 Å². The summed E-state index contributed by atoms with van der Waals surface area (Å²) in [6.45, 7) is 19.4. The van der Waals surface area contributed by atoms with Crippen molar-refractivity contribution < 1.29 is 76.6 Å². The molecule has 68 heavy (non-hydrogen) atoms. The van der Waals surface area contributed by atoms with Crippen molar-refractivity contribution in [1.82, 2.24) is 0 Å². The van der Waals surface area contributed by atoms with E-state index in [4.69, 9.17) is 56.8 Å². The first-order valence-corrected chi connectivity index (χ1v) is 24.6. The number of hydrogen-bond acceptors (Lipinski definition) is 16. The van der Waals surface area contributed by atoms with Crippen LogP contribution in [0, 0.1) is 23.7 Å². The minimum atomic E-state index is -1.96. The summed E-state index contributed by atoms with van der Waals surface area (Å²) < 4.78 is 75.0. The number of methoxy groups -OCH3 is 2. The van der Waals surface area contributed by atoms with E-state index < -0.39 is 109 Å². The van der Waals surface area contributed by atoms with Crippen molar-refractivity contribution in [2.75, 3.05) is 27.4 Å². The number of fused-ring (bicyclic) bond motifs is 2. The van der Waals surface area contributed by atoms with Gasteiger partial charge in [-0.15, -0.1) is 0 Å². The van der Waals surface area contributed by atoms with Gasteiger partial charge in [0.25, 0.3) is 0 Å². The molecular weight excluding hydrogens is 881 g/mol. The zero-order chi connectivity index (χ0) is 49.1. The van der Waals surface area contributed by atoms with E-state index in [1.165, 1.54) is 6.08 Å². The topological polar surface area (TPSA) is 185 Å². The number of esters is 1. The smallest absolute Gasteiger partial charge is 0.462 e. The van der Waals surface area contributed by atoms with Gasteiger partial charge in [-0.05, 0) is 62.8 Å². The van der Waals surface area contributed by atoms with Gasteiger partial charge in [0, 0.05) is 51.7 Å². The Labute approximate surface area is 401 Å². The van der Waals surface area contributed by atoms with Gasteiger partial charge in [-0.3, -0.25) is 4.79 Å². The molecule has 4 saturated heterocycles. The quantitative estimate of drug-likeness (QED) is 0.164. The summed E-state index contributed by atoms with van der Waals surface area (Å²) in [6, 6.07) is 0. The molecule has 20 atom stereocenters. The summed E-state index contributed by atoms with van der Waals surface area (Å²) in [7, 11) is 3.20. The fourth-order valence-corrected chi connectivity index (χ4v) is 11.0. The summed E-state index contributed by atoms with van der Waals surface area (Å²) in [4.78, 5) is 27.4. The highest BCUT2D eigenvalue weighted by atomic mass is 16.7. The molecule has 7 rings (SSSR count). The third-order valence-electron chi connectivity index (χ3n) is 15.0. The number of aliphatic hydroxyl groups excluding tert-OH is 1. The Morgan fingerprint density at radius 1 is 0.941 bits per heavy atom. The molecule has 0 amide bonds. The van der Waals surface area contributed by atoms with E-state index >= 15 is 0 Å². The minimum Gasteiger partial charge on any atom is -0.462 e. The van der Waals surface area contributed by atoms with Gasteiger partial charge in [0.05, 0.1) is 49.3 Å². The molecule has 16 nitrogen and oxygen atoms in total. The molecule has 6 aliphatic heterocycles. The summed E-state index contributed by atoms with van der Waals surface area (Å²) in [5.74, 6) is -2.87. The van der Waals surface area contributed by atoms with Crippen LogP contribution in [0.2, 0.25) is 0 Å². The second-order valence-corrected chi connectivity index (χ2v) is 19.9. The van der Waals surface area contributed by atoms with Gasteiger partial charge in [-0.2, -0.15) is 0 Å². The molecule has 0 unspecified atom stereocenters. The molecule has 7 aliphatic rings. The van der Waals surface area contributed by atoms with Crippen molar-refractivity contribution in [1.29, 1.82) is 0 Å². The van der Waals surface area contributed by atoms with E-state index in [2.05, 4.69) is 39.5 Å². The first kappa shape index (κ1) is 52.6. The zero-order valence-electron chi connectivity index (χ0n) is 41.5. The fourth-order valence-electron chi connectivity index (χ4n) is 11.0. The van der Waals surface area contributed by atoms with Crippen LogP contribution in [-0.2, 0) is 61.6 Å². The first-order valence-electron chi connectivity index (χ1n) is 24.6. The molecule has 0 aromatic rings. The monoisotopic (exact) mass is 957 g/mol. The molecule has 0 aromatic carbocycles. The van der Waals surface area contributed by atoms with Gasteiger partial charge in [0.15, 0.2) is 24.5 Å². The Kier molecular flexibility index (Phi) is 17.3. The number of hydrogen-bond donors (Lipinski definition) is 2. The van der Waals surface area contributed by atoms with Crippen LogP contribution in [0.25, 0.3) is 0 Å². The van der Waals surface area contributed by atoms with Crippen molar-refractivity contribution >= 4 is 12.1 Å². The van der Waals surface area contributed by atoms with Crippen molar-refractivity contribution in [3.05, 3.63) is 71.9 Å². The number of allylic oxidation sites excluding steroid dienone is 2. The van der Waals surface area contributed by atoms with Gasteiger partial charge >= 0.3 is 12.1 Å². The summed E-state index contributed by atoms with van der Waals surface area (Å²) in [6.07, 6.45) is 8.27. The number of carbonyl (C=O) groups is 2. The van der Waals surface area contributed by atoms with Crippen LogP contribution < -0.4 is 0 Å². The molecule has 6 heterocycles. The molecular formula is C52H76O16. The van der Waals surface area contributed by atoms with Crippen LogP contribution in [0.5, 0.6) is 0 Å². The van der Waals surface area contributed by atoms with Crippen LogP contribution in [0.3, 0.4) is 0 Å². The summed E-state index contributed by atoms with van der Waals surface area (Å²) >= 11 is 0. The Bertz CT molecular complexity index is 1930. The number of aliphatic hydroxyl groups is 2. The van der Waals surface area contributed by atoms with E-state index in [9.17, 15) is 19.8 Å². The molecule has 16 heteroatoms. The van der Waals surface area contributed by atoms with E-state index in [0.717, 1.165) is 12.0 Å². The molecule has 1 aliphatic carbocycles. The average molecular weight is 957 g/mol. The van der Waals surface area contributed by atoms with E-state index in [0.29, 0.717) is 36.8 Å². The highest BCUT2D eigenvalue weighted by Crippen LogP contribution is 2.48. The maximum absolute atomic E-state index is 14.6. The lowest BCUT2D eigenvalue weighted by Crippen LogP contribution is -2.59. The molecule has 4 fully saturated rings. The number of rotatable bonds is 11. The number of carbonyl (C=O) groups excluding carboxylic acids is 2. The lowest BCUT2D eigenvalue weighted by molar-refractivity contribution is -0.318. The second-order valence-electron chi connectivity index (χ2n) is 19.9. The second kappa shape index (κ2) is 22.4. The fraction of sp³-hybridized carbons (Fsp3) is 0.731. The molecule has 2 bridgehead atoms. The van der Waals surface area contributed by atoms with Crippen LogP contribution in [-0.4, -0.2) is 147 Å². The molecule has 1 spiro atoms. The Morgan fingerprint density at radius 2 is 1.66 bits per heavy atom. The van der Waals surface area contributed by atoms with Crippen molar-refractivity contribution in [3.8, 4) is 0 Å². The predicted octanol–water partition coefficient (Wildman–Crippen LogP) is 6.72. The largest absolute Gasteiger partial charge is 0.509 e. The first-order chi connectivity index (χ1) is 32.4. The SMILES string of the molecule is C=CCOC(=O)O[C@@H]1C(C)=C[C@H]2C(=O)O[C@H]3C[C@@H](C/C=C(/C)[C@@H](O[C@H]4C[C@H](OC)[C@@H](O[C@H]5C[C@H](OC)[C@@H](O)[C@H](C)O5)[C@H](C)O4)[C@@H](C)/C=C\C=C4\CO[C@H]1[C@@]42O)O[C@@]1(C=C[C@H](C)[C@@H]([C@@H](C)CC)O1)C3. The van der Waals surface area contributed by atoms with Gasteiger partial charge in [-0.1, -0.05) is 83.2 Å². The lowest BCUT2D eigenvalue weighted by atomic mass is 9.70. The van der Waals surface area contributed by atoms with Crippen molar-refractivity contribution in [3.63, 3.8) is 0 Å². The molecule has 2 N–H and O–H groups in total. The molecule has 0 aromatic heterocycles. The van der Waals surface area contributed by atoms with E-state index in [1.807, 2.05) is 39.0 Å². The Morgan fingerprint density at radius 3 is 2.38 bits per heavy atom. The third-order valence-corrected chi connectivity index (χ3v) is 15.0. The highest BCUT2D eigenvalue weighted by molar-refractivity contribution is 5.79. The lowest BCUT2D eigenvalue weighted by Gasteiger charge is -2.48. The normalized spacial score (nSPS) is 45.6. The average Bonchev–Trinajstić information content (AvgIpc) is 3.65. The Hall–Kier alpha value is -3.26. The zero-order valence-corrected chi connectivity index (χ0v) is 41.5. The maximum atomic E-state index is 14.6. The summed E-state index contributed by atoms with van der Waals surface area (Å²) in [5.41, 5.74) is -0.108. The summed E-state index contributed by atoms with van der Waals surface area (Å²) in [5, 5.41) is 23.5. The highest BCUT2D eigenvalue weighted by Gasteiger charge is 2.61. The van der Waals surface area contributed by atoms with Crippen LogP contribution in [0.4, 0.5) is 4.79 Å². The predicted molar refractivity (Wildman–Crippen MR) is 248 cm³/mol. The van der Waals surface area contributed by atoms with Gasteiger partial charge in [0.2, 0.25) is 0 Å². The van der Waals surface area contributed by atoms with Crippen molar-refractivity contribution in [2.24, 2.45) is 23.7 Å². The Balaban J connectivity index is 1.21. The molecule has 0 saturated carbocycles. The number of ether oxygens (including phenoxy) is 12. The van der Waals surface area contributed by atoms with Crippen LogP contribution in [0.15, 0.2) is 71.9 Å².